The highest BCUT2D eigenvalue weighted by atomic mass is 14.8. The van der Waals surface area contributed by atoms with Crippen LogP contribution in [0.15, 0.2) is 18.2 Å². The lowest BCUT2D eigenvalue weighted by molar-refractivity contribution is -0.296. The highest BCUT2D eigenvalue weighted by Gasteiger charge is 2.78. The van der Waals surface area contributed by atoms with Crippen LogP contribution in [-0.2, 0) is 5.41 Å². The summed E-state index contributed by atoms with van der Waals surface area (Å²) in [5, 5.41) is 0. The van der Waals surface area contributed by atoms with Gasteiger partial charge in [0.15, 0.2) is 0 Å². The summed E-state index contributed by atoms with van der Waals surface area (Å²) in [6, 6.07) is 7.16. The van der Waals surface area contributed by atoms with Crippen molar-refractivity contribution >= 4 is 0 Å². The molecule has 0 N–H and O–H groups in total. The number of hydrogen-bond acceptors (Lipinski definition) is 0. The van der Waals surface area contributed by atoms with Crippen molar-refractivity contribution in [3.63, 3.8) is 0 Å². The molecule has 0 heteroatoms. The normalized spacial score (nSPS) is 50.7. The molecule has 1 aromatic carbocycles. The lowest BCUT2D eigenvalue weighted by atomic mass is 9.22. The van der Waals surface area contributed by atoms with E-state index in [1.807, 2.05) is 0 Å². The minimum atomic E-state index is 0.625. The van der Waals surface area contributed by atoms with Gasteiger partial charge in [-0.2, -0.15) is 0 Å². The Kier molecular flexibility index (Phi) is 1.52. The zero-order valence-corrected chi connectivity index (χ0v) is 11.5. The fourth-order valence-electron chi connectivity index (χ4n) is 7.04. The fourth-order valence-corrected chi connectivity index (χ4v) is 7.04. The number of aryl methyl sites for hydroxylation is 2. The van der Waals surface area contributed by atoms with Gasteiger partial charge in [-0.1, -0.05) is 23.8 Å². The van der Waals surface area contributed by atoms with E-state index in [9.17, 15) is 0 Å². The maximum atomic E-state index is 2.52. The van der Waals surface area contributed by atoms with Crippen LogP contribution >= 0.6 is 0 Å². The second kappa shape index (κ2) is 2.71. The van der Waals surface area contributed by atoms with Crippen LogP contribution in [0, 0.1) is 37.0 Å². The Labute approximate surface area is 110 Å². The van der Waals surface area contributed by atoms with Crippen molar-refractivity contribution in [1.82, 2.24) is 0 Å². The summed E-state index contributed by atoms with van der Waals surface area (Å²) in [6.45, 7) is 4.60. The first-order valence-electron chi connectivity index (χ1n) is 7.71. The van der Waals surface area contributed by atoms with Crippen LogP contribution < -0.4 is 0 Å². The maximum Gasteiger partial charge on any atom is -0.00000782 e. The molecule has 0 aliphatic heterocycles. The number of hydrogen-bond donors (Lipinski definition) is 0. The van der Waals surface area contributed by atoms with Gasteiger partial charge in [0.2, 0.25) is 0 Å². The van der Waals surface area contributed by atoms with Gasteiger partial charge in [-0.15, -0.1) is 0 Å². The number of rotatable bonds is 1. The molecule has 0 nitrogen and oxygen atoms in total. The first-order valence-corrected chi connectivity index (χ1v) is 7.71. The largest absolute Gasteiger partial charge is 0.0590 e. The van der Waals surface area contributed by atoms with Gasteiger partial charge in [0.25, 0.3) is 0 Å². The Balaban J connectivity index is 1.67. The molecule has 0 radical (unpaired) electrons. The third-order valence-electron chi connectivity index (χ3n) is 6.98. The van der Waals surface area contributed by atoms with Crippen molar-refractivity contribution < 1.29 is 0 Å². The molecule has 5 atom stereocenters. The van der Waals surface area contributed by atoms with Crippen molar-refractivity contribution in [1.29, 1.82) is 0 Å². The van der Waals surface area contributed by atoms with E-state index in [1.165, 1.54) is 18.4 Å². The summed E-state index contributed by atoms with van der Waals surface area (Å²) >= 11 is 0. The molecule has 0 aromatic heterocycles. The quantitative estimate of drug-likeness (QED) is 0.681. The van der Waals surface area contributed by atoms with Gasteiger partial charge in [0.1, 0.15) is 0 Å². The standard InChI is InChI=1S/C18H22/c1-11-3-4-12(2)15(5-11)18-8-13-6-14-9-17(7-13,10-18)16(14)18/h3-5,13-14,16H,6-10H2,1-2H3. The van der Waals surface area contributed by atoms with Crippen LogP contribution in [-0.4, -0.2) is 0 Å². The Bertz CT molecular complexity index is 551. The third kappa shape index (κ3) is 0.878. The molecular formula is C18H22. The minimum absolute atomic E-state index is 0.625. The average molecular weight is 238 g/mol. The predicted molar refractivity (Wildman–Crippen MR) is 73.6 cm³/mol. The van der Waals surface area contributed by atoms with E-state index < -0.39 is 0 Å². The summed E-state index contributed by atoms with van der Waals surface area (Å²) in [7, 11) is 0. The van der Waals surface area contributed by atoms with Gasteiger partial charge in [-0.25, -0.2) is 0 Å². The molecule has 7 rings (SSSR count). The van der Waals surface area contributed by atoms with Gasteiger partial charge >= 0.3 is 0 Å². The first-order chi connectivity index (χ1) is 8.63. The average Bonchev–Trinajstić information content (AvgIpc) is 2.30. The first kappa shape index (κ1) is 10.1. The van der Waals surface area contributed by atoms with Crippen LogP contribution in [0.25, 0.3) is 0 Å². The van der Waals surface area contributed by atoms with Gasteiger partial charge in [0, 0.05) is 0 Å². The van der Waals surface area contributed by atoms with Crippen LogP contribution in [0.5, 0.6) is 0 Å². The molecule has 5 unspecified atom stereocenters. The van der Waals surface area contributed by atoms with Gasteiger partial charge in [-0.05, 0) is 85.7 Å². The van der Waals surface area contributed by atoms with Crippen LogP contribution in [0.2, 0.25) is 0 Å². The second-order valence-corrected chi connectivity index (χ2v) is 7.97. The Morgan fingerprint density at radius 3 is 2.78 bits per heavy atom. The molecule has 6 fully saturated rings. The van der Waals surface area contributed by atoms with Crippen LogP contribution in [0.4, 0.5) is 0 Å². The summed E-state index contributed by atoms with van der Waals surface area (Å²) < 4.78 is 0. The van der Waals surface area contributed by atoms with Gasteiger partial charge < -0.3 is 0 Å². The number of benzene rings is 1. The van der Waals surface area contributed by atoms with E-state index in [0.717, 1.165) is 23.2 Å². The monoisotopic (exact) mass is 238 g/mol. The molecule has 94 valence electrons. The van der Waals surface area contributed by atoms with E-state index in [0.29, 0.717) is 5.41 Å². The van der Waals surface area contributed by atoms with Gasteiger partial charge in [-0.3, -0.25) is 0 Å². The topological polar surface area (TPSA) is 0 Å². The molecule has 6 saturated carbocycles. The lowest BCUT2D eigenvalue weighted by Gasteiger charge is -2.82. The molecule has 6 aliphatic rings. The third-order valence-corrected chi connectivity index (χ3v) is 6.98. The van der Waals surface area contributed by atoms with Gasteiger partial charge in [0.05, 0.1) is 0 Å². The molecule has 0 amide bonds. The SMILES string of the molecule is Cc1ccc(C)c(C23CC4CC5CC(C4)(C2)C53)c1. The highest BCUT2D eigenvalue weighted by molar-refractivity contribution is 5.46. The minimum Gasteiger partial charge on any atom is -0.0590 e. The summed E-state index contributed by atoms with van der Waals surface area (Å²) in [5.74, 6) is 3.25. The Hall–Kier alpha value is -0.780. The van der Waals surface area contributed by atoms with E-state index in [4.69, 9.17) is 0 Å². The molecule has 6 aliphatic carbocycles. The second-order valence-electron chi connectivity index (χ2n) is 7.97. The van der Waals surface area contributed by atoms with Crippen molar-refractivity contribution in [2.75, 3.05) is 0 Å². The van der Waals surface area contributed by atoms with E-state index in [-0.39, 0.29) is 0 Å². The zero-order chi connectivity index (χ0) is 12.1. The smallest absolute Gasteiger partial charge is 0.00000782 e. The highest BCUT2D eigenvalue weighted by Crippen LogP contribution is 2.84. The van der Waals surface area contributed by atoms with Crippen LogP contribution in [0.3, 0.4) is 0 Å². The fraction of sp³-hybridized carbons (Fsp3) is 0.667. The molecule has 0 heterocycles. The van der Waals surface area contributed by atoms with E-state index in [1.54, 1.807) is 30.4 Å². The van der Waals surface area contributed by atoms with Crippen molar-refractivity contribution in [3.8, 4) is 0 Å². The molecule has 1 spiro atoms. The summed E-state index contributed by atoms with van der Waals surface area (Å²) in [6.07, 6.45) is 7.78. The molecular weight excluding hydrogens is 216 g/mol. The maximum absolute atomic E-state index is 2.52. The molecule has 18 heavy (non-hydrogen) atoms. The Morgan fingerprint density at radius 1 is 1.11 bits per heavy atom. The zero-order valence-electron chi connectivity index (χ0n) is 11.5. The summed E-state index contributed by atoms with van der Waals surface area (Å²) in [5.41, 5.74) is 6.21. The van der Waals surface area contributed by atoms with Crippen LogP contribution in [0.1, 0.15) is 48.8 Å². The van der Waals surface area contributed by atoms with Crippen molar-refractivity contribution in [3.05, 3.63) is 34.9 Å². The molecule has 1 aromatic rings. The van der Waals surface area contributed by atoms with Crippen molar-refractivity contribution in [2.45, 2.75) is 51.4 Å². The lowest BCUT2D eigenvalue weighted by Crippen LogP contribution is -2.76. The van der Waals surface area contributed by atoms with E-state index >= 15 is 0 Å². The van der Waals surface area contributed by atoms with E-state index in [2.05, 4.69) is 32.0 Å². The van der Waals surface area contributed by atoms with Crippen molar-refractivity contribution in [2.24, 2.45) is 23.2 Å². The summed E-state index contributed by atoms with van der Waals surface area (Å²) in [4.78, 5) is 0. The Morgan fingerprint density at radius 2 is 2.00 bits per heavy atom. The predicted octanol–water partition coefficient (Wildman–Crippen LogP) is 4.38. The molecule has 5 bridgehead atoms. The molecule has 0 saturated heterocycles.